The molecule has 0 spiro atoms. The van der Waals surface area contributed by atoms with Gasteiger partial charge in [-0.2, -0.15) is 0 Å². The average Bonchev–Trinajstić information content (AvgIpc) is 3.32. The molecule has 2 aliphatic rings. The van der Waals surface area contributed by atoms with E-state index < -0.39 is 5.97 Å². The number of carboxylic acid groups (broad SMARTS) is 1. The molecule has 1 aromatic rings. The smallest absolute Gasteiger partial charge is 0.303 e. The highest BCUT2D eigenvalue weighted by Crippen LogP contribution is 2.47. The van der Waals surface area contributed by atoms with Crippen LogP contribution in [0.25, 0.3) is 0 Å². The fourth-order valence-corrected chi connectivity index (χ4v) is 3.04. The minimum Gasteiger partial charge on any atom is -0.481 e. The molecule has 1 saturated carbocycles. The molecule has 1 heterocycles. The van der Waals surface area contributed by atoms with Crippen molar-refractivity contribution in [3.05, 3.63) is 29.8 Å². The molecule has 6 nitrogen and oxygen atoms in total. The van der Waals surface area contributed by atoms with Gasteiger partial charge in [-0.05, 0) is 36.3 Å². The van der Waals surface area contributed by atoms with E-state index in [1.54, 1.807) is 6.07 Å². The molecule has 0 radical (unpaired) electrons. The third-order valence-electron chi connectivity index (χ3n) is 4.25. The summed E-state index contributed by atoms with van der Waals surface area (Å²) < 4.78 is 0. The van der Waals surface area contributed by atoms with Gasteiger partial charge in [0.1, 0.15) is 6.54 Å². The lowest BCUT2D eigenvalue weighted by Gasteiger charge is -2.30. The highest BCUT2D eigenvalue weighted by atomic mass is 16.4. The van der Waals surface area contributed by atoms with Crippen molar-refractivity contribution in [2.45, 2.75) is 25.2 Å². The van der Waals surface area contributed by atoms with Gasteiger partial charge in [0.25, 0.3) is 0 Å². The molecule has 1 saturated heterocycles. The molecule has 1 atom stereocenters. The first-order valence-corrected chi connectivity index (χ1v) is 7.44. The number of rotatable bonds is 5. The number of amides is 2. The lowest BCUT2D eigenvalue weighted by atomic mass is 9.89. The first kappa shape index (κ1) is 14.6. The summed E-state index contributed by atoms with van der Waals surface area (Å²) in [6, 6.07) is 7.33. The summed E-state index contributed by atoms with van der Waals surface area (Å²) in [5, 5.41) is 11.7. The lowest BCUT2D eigenvalue weighted by molar-refractivity contribution is -0.137. The zero-order valence-electron chi connectivity index (χ0n) is 12.1. The Morgan fingerprint density at radius 3 is 2.73 bits per heavy atom. The van der Waals surface area contributed by atoms with E-state index in [-0.39, 0.29) is 37.2 Å². The predicted octanol–water partition coefficient (Wildman–Crippen LogP) is 1.12. The van der Waals surface area contributed by atoms with Gasteiger partial charge in [0.15, 0.2) is 0 Å². The van der Waals surface area contributed by atoms with E-state index in [0.29, 0.717) is 11.6 Å². The topological polar surface area (TPSA) is 86.7 Å². The van der Waals surface area contributed by atoms with Gasteiger partial charge >= 0.3 is 5.97 Å². The van der Waals surface area contributed by atoms with Crippen LogP contribution in [0.5, 0.6) is 0 Å². The number of carboxylic acids is 1. The Balaban J connectivity index is 1.96. The average molecular weight is 302 g/mol. The van der Waals surface area contributed by atoms with Crippen molar-refractivity contribution < 1.29 is 19.5 Å². The standard InChI is InChI=1S/C16H18N2O4/c19-14-9-18(15(20)8-17-14)13-4-2-1-3-11(13)12(7-16(21)22)10-5-6-10/h1-4,10,12H,5-9H2,(H,17,19)(H,21,22). The monoisotopic (exact) mass is 302 g/mol. The van der Waals surface area contributed by atoms with Crippen molar-refractivity contribution in [1.82, 2.24) is 5.32 Å². The van der Waals surface area contributed by atoms with E-state index in [1.807, 2.05) is 18.2 Å². The summed E-state index contributed by atoms with van der Waals surface area (Å²) in [7, 11) is 0. The van der Waals surface area contributed by atoms with Gasteiger partial charge in [0.05, 0.1) is 13.0 Å². The van der Waals surface area contributed by atoms with Gasteiger partial charge < -0.3 is 15.3 Å². The Kier molecular flexibility index (Phi) is 3.83. The summed E-state index contributed by atoms with van der Waals surface area (Å²) in [6.07, 6.45) is 2.08. The van der Waals surface area contributed by atoms with Crippen molar-refractivity contribution >= 4 is 23.5 Å². The second-order valence-electron chi connectivity index (χ2n) is 5.86. The van der Waals surface area contributed by atoms with Crippen molar-refractivity contribution in [2.24, 2.45) is 5.92 Å². The number of carbonyl (C=O) groups is 3. The molecule has 116 valence electrons. The first-order chi connectivity index (χ1) is 10.6. The maximum atomic E-state index is 12.1. The second kappa shape index (κ2) is 5.79. The third kappa shape index (κ3) is 2.95. The molecule has 2 amide bonds. The SMILES string of the molecule is O=C(O)CC(c1ccccc1N1CC(=O)NCC1=O)C1CC1. The van der Waals surface area contributed by atoms with Crippen molar-refractivity contribution in [1.29, 1.82) is 0 Å². The van der Waals surface area contributed by atoms with Crippen molar-refractivity contribution in [3.63, 3.8) is 0 Å². The highest BCUT2D eigenvalue weighted by molar-refractivity contribution is 6.05. The summed E-state index contributed by atoms with van der Waals surface area (Å²) in [6.45, 7) is -0.0273. The summed E-state index contributed by atoms with van der Waals surface area (Å²) in [5.74, 6) is -0.959. The molecule has 2 fully saturated rings. The van der Waals surface area contributed by atoms with Crippen LogP contribution in [0.3, 0.4) is 0 Å². The van der Waals surface area contributed by atoms with Crippen LogP contribution in [0, 0.1) is 5.92 Å². The number of carbonyl (C=O) groups excluding carboxylic acids is 2. The largest absolute Gasteiger partial charge is 0.481 e. The Hall–Kier alpha value is -2.37. The molecule has 1 unspecified atom stereocenters. The van der Waals surface area contributed by atoms with Crippen LogP contribution in [0.1, 0.15) is 30.7 Å². The Morgan fingerprint density at radius 2 is 2.05 bits per heavy atom. The molecule has 1 aromatic carbocycles. The summed E-state index contributed by atoms with van der Waals surface area (Å²) in [5.41, 5.74) is 1.52. The lowest BCUT2D eigenvalue weighted by Crippen LogP contribution is -2.52. The Labute approximate surface area is 128 Å². The van der Waals surface area contributed by atoms with Gasteiger partial charge in [-0.3, -0.25) is 14.4 Å². The number of para-hydroxylation sites is 1. The van der Waals surface area contributed by atoms with Crippen LogP contribution in [-0.4, -0.2) is 36.0 Å². The van der Waals surface area contributed by atoms with E-state index in [0.717, 1.165) is 18.4 Å². The number of aliphatic carboxylic acids is 1. The van der Waals surface area contributed by atoms with Crippen molar-refractivity contribution in [2.75, 3.05) is 18.0 Å². The van der Waals surface area contributed by atoms with E-state index in [9.17, 15) is 19.5 Å². The van der Waals surface area contributed by atoms with Gasteiger partial charge in [0, 0.05) is 5.69 Å². The molecule has 3 rings (SSSR count). The van der Waals surface area contributed by atoms with E-state index in [1.165, 1.54) is 4.90 Å². The van der Waals surface area contributed by atoms with Gasteiger partial charge in [0.2, 0.25) is 11.8 Å². The minimum absolute atomic E-state index is 0.0136. The number of benzene rings is 1. The van der Waals surface area contributed by atoms with Gasteiger partial charge in [-0.1, -0.05) is 18.2 Å². The molecule has 1 aliphatic carbocycles. The molecule has 6 heteroatoms. The molecule has 0 aromatic heterocycles. The van der Waals surface area contributed by atoms with E-state index in [4.69, 9.17) is 0 Å². The van der Waals surface area contributed by atoms with Crippen LogP contribution < -0.4 is 10.2 Å². The summed E-state index contributed by atoms with van der Waals surface area (Å²) >= 11 is 0. The highest BCUT2D eigenvalue weighted by Gasteiger charge is 2.36. The molecule has 2 N–H and O–H groups in total. The third-order valence-corrected chi connectivity index (χ3v) is 4.25. The first-order valence-electron chi connectivity index (χ1n) is 7.44. The fraction of sp³-hybridized carbons (Fsp3) is 0.438. The summed E-state index contributed by atoms with van der Waals surface area (Å²) in [4.78, 5) is 36.4. The van der Waals surface area contributed by atoms with Crippen LogP contribution in [0.2, 0.25) is 0 Å². The number of piperazine rings is 1. The van der Waals surface area contributed by atoms with Gasteiger partial charge in [-0.15, -0.1) is 0 Å². The quantitative estimate of drug-likeness (QED) is 0.853. The van der Waals surface area contributed by atoms with Crippen LogP contribution in [-0.2, 0) is 14.4 Å². The maximum absolute atomic E-state index is 12.1. The number of hydrogen-bond donors (Lipinski definition) is 2. The van der Waals surface area contributed by atoms with Gasteiger partial charge in [-0.25, -0.2) is 0 Å². The second-order valence-corrected chi connectivity index (χ2v) is 5.86. The molecule has 1 aliphatic heterocycles. The van der Waals surface area contributed by atoms with Crippen molar-refractivity contribution in [3.8, 4) is 0 Å². The zero-order chi connectivity index (χ0) is 15.7. The number of anilines is 1. The van der Waals surface area contributed by atoms with E-state index >= 15 is 0 Å². The normalized spacial score (nSPS) is 19.7. The Morgan fingerprint density at radius 1 is 1.32 bits per heavy atom. The molecular formula is C16H18N2O4. The zero-order valence-corrected chi connectivity index (χ0v) is 12.1. The van der Waals surface area contributed by atoms with Crippen LogP contribution in [0.4, 0.5) is 5.69 Å². The van der Waals surface area contributed by atoms with Crippen LogP contribution in [0.15, 0.2) is 24.3 Å². The predicted molar refractivity (Wildman–Crippen MR) is 79.5 cm³/mol. The molecular weight excluding hydrogens is 284 g/mol. The number of nitrogens with zero attached hydrogens (tertiary/aromatic N) is 1. The number of hydrogen-bond acceptors (Lipinski definition) is 3. The molecule has 0 bridgehead atoms. The minimum atomic E-state index is -0.839. The van der Waals surface area contributed by atoms with Crippen LogP contribution >= 0.6 is 0 Å². The van der Waals surface area contributed by atoms with E-state index in [2.05, 4.69) is 5.32 Å². The number of nitrogens with one attached hydrogen (secondary N) is 1. The molecule has 22 heavy (non-hydrogen) atoms. The Bertz CT molecular complexity index is 624. The maximum Gasteiger partial charge on any atom is 0.303 e. The fourth-order valence-electron chi connectivity index (χ4n) is 3.04.